The van der Waals surface area contributed by atoms with Crippen molar-refractivity contribution in [3.05, 3.63) is 54.0 Å². The average Bonchev–Trinajstić information content (AvgIpc) is 3.03. The molecule has 0 aliphatic rings. The minimum atomic E-state index is -0.657. The highest BCUT2D eigenvalue weighted by molar-refractivity contribution is 5.88. The Morgan fingerprint density at radius 3 is 2.62 bits per heavy atom. The molecular formula is C14H12N2O5. The molecule has 0 saturated heterocycles. The SMILES string of the molecule is COC(=O)NN=Cc1ccc(OC(=O)c2ccco2)cc1. The minimum absolute atomic E-state index is 0.128. The van der Waals surface area contributed by atoms with Crippen LogP contribution in [0.2, 0.25) is 0 Å². The van der Waals surface area contributed by atoms with Gasteiger partial charge in [0.1, 0.15) is 5.75 Å². The second-order valence-corrected chi connectivity index (χ2v) is 3.80. The molecule has 21 heavy (non-hydrogen) atoms. The van der Waals surface area contributed by atoms with Crippen LogP contribution in [0.3, 0.4) is 0 Å². The van der Waals surface area contributed by atoms with Crippen LogP contribution in [0.25, 0.3) is 0 Å². The van der Waals surface area contributed by atoms with E-state index in [0.29, 0.717) is 11.3 Å². The van der Waals surface area contributed by atoms with Gasteiger partial charge in [-0.25, -0.2) is 15.0 Å². The number of furan rings is 1. The number of nitrogens with zero attached hydrogens (tertiary/aromatic N) is 1. The van der Waals surface area contributed by atoms with Crippen molar-refractivity contribution in [1.82, 2.24) is 5.43 Å². The van der Waals surface area contributed by atoms with Crippen molar-refractivity contribution in [2.75, 3.05) is 7.11 Å². The second-order valence-electron chi connectivity index (χ2n) is 3.80. The van der Waals surface area contributed by atoms with Crippen molar-refractivity contribution in [3.63, 3.8) is 0 Å². The van der Waals surface area contributed by atoms with E-state index in [1.54, 1.807) is 30.3 Å². The molecule has 0 saturated carbocycles. The molecule has 0 fully saturated rings. The minimum Gasteiger partial charge on any atom is -0.457 e. The summed E-state index contributed by atoms with van der Waals surface area (Å²) in [6.07, 6.45) is 2.16. The summed E-state index contributed by atoms with van der Waals surface area (Å²) in [4.78, 5) is 22.4. The number of benzene rings is 1. The van der Waals surface area contributed by atoms with E-state index in [4.69, 9.17) is 9.15 Å². The van der Waals surface area contributed by atoms with Crippen LogP contribution < -0.4 is 10.2 Å². The molecule has 7 heteroatoms. The van der Waals surface area contributed by atoms with Gasteiger partial charge in [0.15, 0.2) is 0 Å². The molecule has 0 aliphatic carbocycles. The summed E-state index contributed by atoms with van der Waals surface area (Å²) >= 11 is 0. The maximum atomic E-state index is 11.6. The first kappa shape index (κ1) is 14.3. The lowest BCUT2D eigenvalue weighted by molar-refractivity contribution is 0.0701. The largest absolute Gasteiger partial charge is 0.457 e. The Kier molecular flexibility index (Phi) is 4.70. The van der Waals surface area contributed by atoms with Gasteiger partial charge in [0.2, 0.25) is 5.76 Å². The number of carbonyl (C=O) groups is 2. The van der Waals surface area contributed by atoms with Crippen molar-refractivity contribution in [2.24, 2.45) is 5.10 Å². The van der Waals surface area contributed by atoms with E-state index in [1.807, 2.05) is 0 Å². The fourth-order valence-electron chi connectivity index (χ4n) is 1.38. The average molecular weight is 288 g/mol. The number of ether oxygens (including phenoxy) is 2. The first-order chi connectivity index (χ1) is 10.2. The van der Waals surface area contributed by atoms with Crippen molar-refractivity contribution < 1.29 is 23.5 Å². The Bertz CT molecular complexity index is 632. The van der Waals surface area contributed by atoms with Crippen molar-refractivity contribution >= 4 is 18.3 Å². The molecule has 0 aliphatic heterocycles. The summed E-state index contributed by atoms with van der Waals surface area (Å²) in [7, 11) is 1.24. The molecule has 0 radical (unpaired) electrons. The summed E-state index contributed by atoms with van der Waals surface area (Å²) in [6, 6.07) is 9.66. The van der Waals surface area contributed by atoms with Crippen LogP contribution in [0.1, 0.15) is 16.1 Å². The molecule has 1 heterocycles. The molecule has 108 valence electrons. The number of methoxy groups -OCH3 is 1. The van der Waals surface area contributed by atoms with Gasteiger partial charge >= 0.3 is 12.1 Å². The van der Waals surface area contributed by atoms with Gasteiger partial charge in [0.25, 0.3) is 0 Å². The summed E-state index contributed by atoms with van der Waals surface area (Å²) in [6.45, 7) is 0. The number of carbonyl (C=O) groups excluding carboxylic acids is 2. The monoisotopic (exact) mass is 288 g/mol. The van der Waals surface area contributed by atoms with E-state index in [1.165, 1.54) is 25.7 Å². The van der Waals surface area contributed by atoms with Gasteiger partial charge in [-0.05, 0) is 42.0 Å². The van der Waals surface area contributed by atoms with Gasteiger partial charge in [-0.1, -0.05) is 0 Å². The standard InChI is InChI=1S/C14H12N2O5/c1-19-14(18)16-15-9-10-4-6-11(7-5-10)21-13(17)12-3-2-8-20-12/h2-9H,1H3,(H,16,18). The number of hydrazone groups is 1. The van der Waals surface area contributed by atoms with Crippen LogP contribution in [0.4, 0.5) is 4.79 Å². The smallest absolute Gasteiger partial charge is 0.427 e. The number of nitrogens with one attached hydrogen (secondary N) is 1. The van der Waals surface area contributed by atoms with Crippen LogP contribution in [-0.2, 0) is 4.74 Å². The van der Waals surface area contributed by atoms with Gasteiger partial charge in [0.05, 0.1) is 19.6 Å². The molecule has 1 N–H and O–H groups in total. The zero-order valence-electron chi connectivity index (χ0n) is 11.1. The third-order valence-corrected chi connectivity index (χ3v) is 2.37. The van der Waals surface area contributed by atoms with Crippen molar-refractivity contribution in [1.29, 1.82) is 0 Å². The van der Waals surface area contributed by atoms with Crippen LogP contribution in [0.5, 0.6) is 5.75 Å². The fraction of sp³-hybridized carbons (Fsp3) is 0.0714. The fourth-order valence-corrected chi connectivity index (χ4v) is 1.38. The molecular weight excluding hydrogens is 276 g/mol. The molecule has 0 atom stereocenters. The van der Waals surface area contributed by atoms with Crippen LogP contribution >= 0.6 is 0 Å². The first-order valence-electron chi connectivity index (χ1n) is 5.92. The maximum Gasteiger partial charge on any atom is 0.427 e. The Labute approximate surface area is 120 Å². The molecule has 2 rings (SSSR count). The lowest BCUT2D eigenvalue weighted by atomic mass is 10.2. The van der Waals surface area contributed by atoms with E-state index in [2.05, 4.69) is 15.3 Å². The van der Waals surface area contributed by atoms with E-state index in [0.717, 1.165) is 0 Å². The predicted molar refractivity (Wildman–Crippen MR) is 73.2 cm³/mol. The molecule has 0 bridgehead atoms. The van der Waals surface area contributed by atoms with Gasteiger partial charge in [-0.2, -0.15) is 5.10 Å². The normalized spacial score (nSPS) is 10.3. The highest BCUT2D eigenvalue weighted by atomic mass is 16.5. The van der Waals surface area contributed by atoms with E-state index >= 15 is 0 Å². The molecule has 1 amide bonds. The lowest BCUT2D eigenvalue weighted by Crippen LogP contribution is -2.16. The van der Waals surface area contributed by atoms with Crippen LogP contribution in [0.15, 0.2) is 52.2 Å². The number of amides is 1. The Hall–Kier alpha value is -3.09. The van der Waals surface area contributed by atoms with Gasteiger partial charge in [0, 0.05) is 0 Å². The Morgan fingerprint density at radius 1 is 1.24 bits per heavy atom. The quantitative estimate of drug-likeness (QED) is 0.403. The molecule has 0 spiro atoms. The van der Waals surface area contributed by atoms with E-state index < -0.39 is 12.1 Å². The molecule has 1 aromatic carbocycles. The van der Waals surface area contributed by atoms with Crippen molar-refractivity contribution in [3.8, 4) is 5.75 Å². The van der Waals surface area contributed by atoms with E-state index in [9.17, 15) is 9.59 Å². The topological polar surface area (TPSA) is 90.1 Å². The molecule has 7 nitrogen and oxygen atoms in total. The zero-order valence-corrected chi connectivity index (χ0v) is 11.1. The number of esters is 1. The molecule has 0 unspecified atom stereocenters. The van der Waals surface area contributed by atoms with Gasteiger partial charge in [-0.3, -0.25) is 0 Å². The second kappa shape index (κ2) is 6.90. The molecule has 2 aromatic rings. The summed E-state index contributed by atoms with van der Waals surface area (Å²) in [5.41, 5.74) is 2.87. The third-order valence-electron chi connectivity index (χ3n) is 2.37. The summed E-state index contributed by atoms with van der Waals surface area (Å²) in [5, 5.41) is 3.67. The lowest BCUT2D eigenvalue weighted by Gasteiger charge is -2.02. The highest BCUT2D eigenvalue weighted by Gasteiger charge is 2.10. The van der Waals surface area contributed by atoms with Gasteiger partial charge < -0.3 is 13.9 Å². The van der Waals surface area contributed by atoms with Crippen LogP contribution in [0, 0.1) is 0 Å². The zero-order chi connectivity index (χ0) is 15.1. The Morgan fingerprint density at radius 2 is 2.00 bits per heavy atom. The summed E-state index contributed by atoms with van der Waals surface area (Å²) < 4.78 is 14.4. The van der Waals surface area contributed by atoms with Gasteiger partial charge in [-0.15, -0.1) is 0 Å². The van der Waals surface area contributed by atoms with Crippen molar-refractivity contribution in [2.45, 2.75) is 0 Å². The Balaban J connectivity index is 1.93. The third kappa shape index (κ3) is 4.20. The summed E-state index contributed by atoms with van der Waals surface area (Å²) in [5.74, 6) is -0.0776. The number of hydrogen-bond acceptors (Lipinski definition) is 6. The predicted octanol–water partition coefficient (Wildman–Crippen LogP) is 2.19. The number of hydrogen-bond donors (Lipinski definition) is 1. The maximum absolute atomic E-state index is 11.6. The first-order valence-corrected chi connectivity index (χ1v) is 5.92. The molecule has 1 aromatic heterocycles. The highest BCUT2D eigenvalue weighted by Crippen LogP contribution is 2.13. The van der Waals surface area contributed by atoms with E-state index in [-0.39, 0.29) is 5.76 Å². The van der Waals surface area contributed by atoms with Crippen LogP contribution in [-0.4, -0.2) is 25.4 Å². The number of rotatable bonds is 4.